The van der Waals surface area contributed by atoms with E-state index in [1.54, 1.807) is 37.5 Å². The minimum Gasteiger partial charge on any atom is -0.463 e. The molecular formula is C24H26N2O5S. The molecule has 1 aliphatic heterocycles. The average Bonchev–Trinajstić information content (AvgIpc) is 3.38. The van der Waals surface area contributed by atoms with Crippen molar-refractivity contribution < 1.29 is 23.9 Å². The number of allylic oxidation sites excluding steroid dienone is 1. The SMILES string of the molecule is CCOC(=O)/C=C/S/C=C(\C)N1CCn2c(C(=O)c3ccccc3)cc(C(=O)OCC)c21. The Bertz CT molecular complexity index is 1060. The van der Waals surface area contributed by atoms with Crippen molar-refractivity contribution in [1.82, 2.24) is 4.57 Å². The zero-order valence-corrected chi connectivity index (χ0v) is 19.2. The van der Waals surface area contributed by atoms with Crippen LogP contribution in [0.2, 0.25) is 0 Å². The maximum absolute atomic E-state index is 13.1. The molecule has 7 nitrogen and oxygen atoms in total. The highest BCUT2D eigenvalue weighted by molar-refractivity contribution is 8.04. The van der Waals surface area contributed by atoms with Crippen molar-refractivity contribution in [3.8, 4) is 0 Å². The lowest BCUT2D eigenvalue weighted by molar-refractivity contribution is -0.137. The van der Waals surface area contributed by atoms with E-state index in [2.05, 4.69) is 0 Å². The van der Waals surface area contributed by atoms with Crippen LogP contribution in [-0.2, 0) is 20.8 Å². The van der Waals surface area contributed by atoms with Crippen LogP contribution >= 0.6 is 11.8 Å². The lowest BCUT2D eigenvalue weighted by atomic mass is 10.1. The van der Waals surface area contributed by atoms with Gasteiger partial charge in [-0.25, -0.2) is 9.59 Å². The third-order valence-electron chi connectivity index (χ3n) is 4.87. The Morgan fingerprint density at radius 3 is 2.47 bits per heavy atom. The monoisotopic (exact) mass is 454 g/mol. The number of fused-ring (bicyclic) bond motifs is 1. The summed E-state index contributed by atoms with van der Waals surface area (Å²) in [6.07, 6.45) is 1.37. The van der Waals surface area contributed by atoms with Gasteiger partial charge in [-0.05, 0) is 37.7 Å². The zero-order chi connectivity index (χ0) is 23.1. The molecule has 0 saturated heterocycles. The van der Waals surface area contributed by atoms with E-state index in [0.717, 1.165) is 5.70 Å². The number of aromatic nitrogens is 1. The van der Waals surface area contributed by atoms with Crippen molar-refractivity contribution in [1.29, 1.82) is 0 Å². The minimum absolute atomic E-state index is 0.141. The van der Waals surface area contributed by atoms with Gasteiger partial charge in [-0.3, -0.25) is 4.79 Å². The second-order valence-corrected chi connectivity index (χ2v) is 7.72. The molecule has 0 fully saturated rings. The molecule has 0 bridgehead atoms. The molecular weight excluding hydrogens is 428 g/mol. The first kappa shape index (κ1) is 23.4. The Hall–Kier alpha value is -3.26. The number of thioether (sulfide) groups is 1. The Labute approximate surface area is 191 Å². The molecule has 0 unspecified atom stereocenters. The van der Waals surface area contributed by atoms with E-state index in [0.29, 0.717) is 42.3 Å². The highest BCUT2D eigenvalue weighted by Gasteiger charge is 2.33. The number of ether oxygens (including phenoxy) is 2. The normalized spacial score (nSPS) is 13.3. The highest BCUT2D eigenvalue weighted by Crippen LogP contribution is 2.35. The van der Waals surface area contributed by atoms with E-state index in [1.807, 2.05) is 40.0 Å². The molecule has 0 spiro atoms. The summed E-state index contributed by atoms with van der Waals surface area (Å²) in [4.78, 5) is 39.2. The number of hydrogen-bond donors (Lipinski definition) is 0. The molecule has 1 aromatic carbocycles. The van der Waals surface area contributed by atoms with Crippen molar-refractivity contribution in [2.24, 2.45) is 0 Å². The summed E-state index contributed by atoms with van der Waals surface area (Å²) in [7, 11) is 0. The fraction of sp³-hybridized carbons (Fsp3) is 0.292. The standard InChI is InChI=1S/C24H26N2O5S/c1-4-30-21(27)11-14-32-16-17(3)25-12-13-26-20(22(28)18-9-7-6-8-10-18)15-19(23(25)26)24(29)31-5-2/h6-11,14-16H,4-5,12-13H2,1-3H3/b14-11+,17-16+. The Morgan fingerprint density at radius 1 is 1.06 bits per heavy atom. The summed E-state index contributed by atoms with van der Waals surface area (Å²) in [6.45, 7) is 7.17. The summed E-state index contributed by atoms with van der Waals surface area (Å²) in [5, 5.41) is 3.53. The number of hydrogen-bond acceptors (Lipinski definition) is 7. The highest BCUT2D eigenvalue weighted by atomic mass is 32.2. The molecule has 0 N–H and O–H groups in total. The summed E-state index contributed by atoms with van der Waals surface area (Å²) in [5.74, 6) is -0.350. The van der Waals surface area contributed by atoms with E-state index in [-0.39, 0.29) is 12.4 Å². The van der Waals surface area contributed by atoms with Crippen LogP contribution < -0.4 is 4.90 Å². The molecule has 2 heterocycles. The van der Waals surface area contributed by atoms with Crippen molar-refractivity contribution in [3.05, 3.63) is 75.8 Å². The average molecular weight is 455 g/mol. The Kier molecular flexibility index (Phi) is 7.94. The first-order valence-electron chi connectivity index (χ1n) is 10.4. The fourth-order valence-corrected chi connectivity index (χ4v) is 4.07. The third kappa shape index (κ3) is 5.13. The van der Waals surface area contributed by atoms with Gasteiger partial charge in [0.2, 0.25) is 5.78 Å². The topological polar surface area (TPSA) is 77.8 Å². The lowest BCUT2D eigenvalue weighted by Gasteiger charge is -2.19. The number of benzene rings is 1. The number of carbonyl (C=O) groups excluding carboxylic acids is 3. The molecule has 1 aliphatic rings. The molecule has 8 heteroatoms. The molecule has 0 aliphatic carbocycles. The Morgan fingerprint density at radius 2 is 1.78 bits per heavy atom. The predicted molar refractivity (Wildman–Crippen MR) is 125 cm³/mol. The third-order valence-corrected chi connectivity index (χ3v) is 5.64. The van der Waals surface area contributed by atoms with Gasteiger partial charge in [0.05, 0.1) is 18.9 Å². The molecule has 0 atom stereocenters. The second kappa shape index (κ2) is 10.9. The van der Waals surface area contributed by atoms with Crippen LogP contribution in [-0.4, -0.2) is 42.0 Å². The van der Waals surface area contributed by atoms with Gasteiger partial charge < -0.3 is 18.9 Å². The number of esters is 2. The van der Waals surface area contributed by atoms with Crippen LogP contribution in [0.3, 0.4) is 0 Å². The van der Waals surface area contributed by atoms with Gasteiger partial charge in [0.25, 0.3) is 0 Å². The van der Waals surface area contributed by atoms with Gasteiger partial charge in [-0.15, -0.1) is 11.8 Å². The van der Waals surface area contributed by atoms with Crippen LogP contribution in [0.4, 0.5) is 5.82 Å². The first-order chi connectivity index (χ1) is 15.5. The van der Waals surface area contributed by atoms with Crippen LogP contribution in [0.15, 0.2) is 59.0 Å². The van der Waals surface area contributed by atoms with Crippen LogP contribution in [0.1, 0.15) is 47.2 Å². The number of rotatable bonds is 9. The predicted octanol–water partition coefficient (Wildman–Crippen LogP) is 4.39. The molecule has 2 aromatic rings. The molecule has 3 rings (SSSR count). The van der Waals surface area contributed by atoms with Crippen LogP contribution in [0.25, 0.3) is 0 Å². The van der Waals surface area contributed by atoms with Crippen molar-refractivity contribution in [3.63, 3.8) is 0 Å². The van der Waals surface area contributed by atoms with E-state index >= 15 is 0 Å². The van der Waals surface area contributed by atoms with Gasteiger partial charge in [0.15, 0.2) is 0 Å². The van der Waals surface area contributed by atoms with Gasteiger partial charge in [-0.2, -0.15) is 0 Å². The quantitative estimate of drug-likeness (QED) is 0.316. The molecule has 1 aromatic heterocycles. The minimum atomic E-state index is -0.460. The number of ketones is 1. The van der Waals surface area contributed by atoms with E-state index < -0.39 is 11.9 Å². The fourth-order valence-electron chi connectivity index (χ4n) is 3.48. The van der Waals surface area contributed by atoms with Crippen molar-refractivity contribution >= 4 is 35.3 Å². The van der Waals surface area contributed by atoms with E-state index in [4.69, 9.17) is 9.47 Å². The van der Waals surface area contributed by atoms with Gasteiger partial charge in [0, 0.05) is 30.4 Å². The number of carbonyl (C=O) groups is 3. The summed E-state index contributed by atoms with van der Waals surface area (Å²) in [6, 6.07) is 10.6. The van der Waals surface area contributed by atoms with Crippen molar-refractivity contribution in [2.45, 2.75) is 27.3 Å². The molecule has 168 valence electrons. The van der Waals surface area contributed by atoms with Gasteiger partial charge in [-0.1, -0.05) is 30.3 Å². The second-order valence-electron chi connectivity index (χ2n) is 6.94. The Balaban J connectivity index is 1.91. The lowest BCUT2D eigenvalue weighted by Crippen LogP contribution is -2.20. The molecule has 32 heavy (non-hydrogen) atoms. The number of anilines is 1. The van der Waals surface area contributed by atoms with Crippen LogP contribution in [0, 0.1) is 0 Å². The van der Waals surface area contributed by atoms with Crippen molar-refractivity contribution in [2.75, 3.05) is 24.7 Å². The zero-order valence-electron chi connectivity index (χ0n) is 18.4. The van der Waals surface area contributed by atoms with Gasteiger partial charge in [0.1, 0.15) is 11.4 Å². The summed E-state index contributed by atoms with van der Waals surface area (Å²) < 4.78 is 12.0. The first-order valence-corrected chi connectivity index (χ1v) is 11.4. The van der Waals surface area contributed by atoms with E-state index in [1.165, 1.54) is 17.8 Å². The summed E-state index contributed by atoms with van der Waals surface area (Å²) in [5.41, 5.74) is 2.26. The molecule has 0 saturated carbocycles. The van der Waals surface area contributed by atoms with Crippen LogP contribution in [0.5, 0.6) is 0 Å². The maximum atomic E-state index is 13.1. The largest absolute Gasteiger partial charge is 0.463 e. The number of nitrogens with zero attached hydrogens (tertiary/aromatic N) is 2. The molecule has 0 amide bonds. The summed E-state index contributed by atoms with van der Waals surface area (Å²) >= 11 is 1.33. The maximum Gasteiger partial charge on any atom is 0.341 e. The molecule has 0 radical (unpaired) electrons. The van der Waals surface area contributed by atoms with Gasteiger partial charge >= 0.3 is 11.9 Å². The van der Waals surface area contributed by atoms with E-state index in [9.17, 15) is 14.4 Å². The smallest absolute Gasteiger partial charge is 0.341 e.